The number of hydrogen-bond donors (Lipinski definition) is 4. The van der Waals surface area contributed by atoms with Crippen molar-refractivity contribution < 1.29 is 38.5 Å². The molecule has 226 valence electrons. The summed E-state index contributed by atoms with van der Waals surface area (Å²) in [5.41, 5.74) is 2.07. The van der Waals surface area contributed by atoms with E-state index in [9.17, 15) is 24.3 Å². The Balaban J connectivity index is 1.39. The third kappa shape index (κ3) is 9.04. The molecule has 0 aromatic heterocycles. The van der Waals surface area contributed by atoms with Crippen molar-refractivity contribution >= 4 is 23.7 Å². The van der Waals surface area contributed by atoms with Crippen LogP contribution in [-0.4, -0.2) is 66.7 Å². The van der Waals surface area contributed by atoms with Gasteiger partial charge in [0.15, 0.2) is 0 Å². The van der Waals surface area contributed by atoms with Crippen LogP contribution in [0.1, 0.15) is 34.8 Å². The minimum Gasteiger partial charge on any atom is -0.497 e. The number of aliphatic hydroxyl groups excluding tert-OH is 1. The first-order valence-electron chi connectivity index (χ1n) is 13.9. The van der Waals surface area contributed by atoms with Crippen LogP contribution in [0, 0.1) is 0 Å². The van der Waals surface area contributed by atoms with Crippen LogP contribution < -0.4 is 25.4 Å². The van der Waals surface area contributed by atoms with E-state index in [2.05, 4.69) is 16.0 Å². The first-order valence-corrected chi connectivity index (χ1v) is 13.9. The lowest BCUT2D eigenvalue weighted by molar-refractivity contribution is -0.154. The number of rotatable bonds is 8. The number of aliphatic hydroxyl groups is 1. The Kier molecular flexibility index (Phi) is 10.7. The second-order valence-electron chi connectivity index (χ2n) is 10.2. The van der Waals surface area contributed by atoms with Gasteiger partial charge >= 0.3 is 5.97 Å². The lowest BCUT2D eigenvalue weighted by Crippen LogP contribution is -2.56. The van der Waals surface area contributed by atoms with E-state index in [1.165, 1.54) is 26.2 Å². The molecule has 4 N–H and O–H groups in total. The molecule has 1 aliphatic heterocycles. The lowest BCUT2D eigenvalue weighted by atomic mass is 9.98. The van der Waals surface area contributed by atoms with Crippen LogP contribution in [0.15, 0.2) is 78.9 Å². The molecule has 4 atom stereocenters. The van der Waals surface area contributed by atoms with Crippen molar-refractivity contribution in [3.63, 3.8) is 0 Å². The molecule has 1 heterocycles. The maximum atomic E-state index is 13.0. The van der Waals surface area contributed by atoms with E-state index in [0.29, 0.717) is 18.1 Å². The van der Waals surface area contributed by atoms with Crippen LogP contribution in [0.3, 0.4) is 0 Å². The number of methoxy groups -OCH3 is 1. The van der Waals surface area contributed by atoms with Gasteiger partial charge in [-0.05, 0) is 60.9 Å². The molecule has 0 spiro atoms. The Morgan fingerprint density at radius 3 is 2.30 bits per heavy atom. The average Bonchev–Trinajstić information content (AvgIpc) is 3.01. The van der Waals surface area contributed by atoms with Crippen LogP contribution in [0.4, 0.5) is 0 Å². The number of amides is 3. The third-order valence-corrected chi connectivity index (χ3v) is 6.95. The van der Waals surface area contributed by atoms with Gasteiger partial charge in [-0.3, -0.25) is 19.2 Å². The molecule has 0 aliphatic carbocycles. The van der Waals surface area contributed by atoms with Gasteiger partial charge < -0.3 is 35.3 Å². The Morgan fingerprint density at radius 1 is 0.953 bits per heavy atom. The van der Waals surface area contributed by atoms with Gasteiger partial charge in [0.2, 0.25) is 11.8 Å². The van der Waals surface area contributed by atoms with Crippen molar-refractivity contribution in [3.05, 3.63) is 95.6 Å². The maximum absolute atomic E-state index is 13.0. The number of carbonyl (C=O) groups is 4. The summed E-state index contributed by atoms with van der Waals surface area (Å²) in [4.78, 5) is 51.3. The highest BCUT2D eigenvalue weighted by Crippen LogP contribution is 2.18. The first kappa shape index (κ1) is 31.0. The van der Waals surface area contributed by atoms with Crippen LogP contribution in [0.5, 0.6) is 11.5 Å². The minimum absolute atomic E-state index is 0.212. The standard InChI is InChI=1S/C32H35N3O8/c1-20-30(35-31(39)23-10-14-24(41-2)15-11-23)32(40)33-18-28(37)34-26(27(36)17-29(38)43-20)16-21-8-12-25(13-9-21)42-19-22-6-4-3-5-7-22/h3-15,20,26-27,30,36H,16-19H2,1-2H3,(H,33,40)(H,34,37)(H,35,39)/t20-,26+,27+,30?/m1/s1. The first-order chi connectivity index (χ1) is 20.7. The number of cyclic esters (lactones) is 1. The van der Waals surface area contributed by atoms with Crippen LogP contribution >= 0.6 is 0 Å². The van der Waals surface area contributed by atoms with E-state index in [1.54, 1.807) is 24.3 Å². The molecule has 3 amide bonds. The monoisotopic (exact) mass is 589 g/mol. The fourth-order valence-electron chi connectivity index (χ4n) is 4.53. The van der Waals surface area contributed by atoms with E-state index in [0.717, 1.165) is 11.1 Å². The maximum Gasteiger partial charge on any atom is 0.308 e. The molecule has 0 radical (unpaired) electrons. The van der Waals surface area contributed by atoms with Crippen LogP contribution in [0.25, 0.3) is 0 Å². The number of benzene rings is 3. The highest BCUT2D eigenvalue weighted by molar-refractivity contribution is 5.98. The summed E-state index contributed by atoms with van der Waals surface area (Å²) in [5, 5.41) is 18.6. The van der Waals surface area contributed by atoms with Crippen molar-refractivity contribution in [3.8, 4) is 11.5 Å². The second-order valence-corrected chi connectivity index (χ2v) is 10.2. The Labute approximate surface area is 249 Å². The average molecular weight is 590 g/mol. The number of nitrogens with one attached hydrogen (secondary N) is 3. The highest BCUT2D eigenvalue weighted by atomic mass is 16.5. The van der Waals surface area contributed by atoms with E-state index in [4.69, 9.17) is 14.2 Å². The molecule has 0 bridgehead atoms. The summed E-state index contributed by atoms with van der Waals surface area (Å²) in [6.07, 6.45) is -2.59. The number of ether oxygens (including phenoxy) is 3. The summed E-state index contributed by atoms with van der Waals surface area (Å²) >= 11 is 0. The summed E-state index contributed by atoms with van der Waals surface area (Å²) in [7, 11) is 1.50. The normalized spacial score (nSPS) is 21.2. The smallest absolute Gasteiger partial charge is 0.308 e. The molecule has 3 aromatic rings. The quantitative estimate of drug-likeness (QED) is 0.291. The Morgan fingerprint density at radius 2 is 1.63 bits per heavy atom. The number of esters is 1. The van der Waals surface area contributed by atoms with Gasteiger partial charge in [-0.2, -0.15) is 0 Å². The zero-order valence-electron chi connectivity index (χ0n) is 23.9. The molecule has 1 fully saturated rings. The van der Waals surface area contributed by atoms with Gasteiger partial charge in [0, 0.05) is 5.56 Å². The molecular formula is C32H35N3O8. The number of carbonyl (C=O) groups excluding carboxylic acids is 4. The lowest BCUT2D eigenvalue weighted by Gasteiger charge is -2.28. The Bertz CT molecular complexity index is 1400. The largest absolute Gasteiger partial charge is 0.497 e. The molecule has 11 nitrogen and oxygen atoms in total. The van der Waals surface area contributed by atoms with Crippen molar-refractivity contribution in [2.24, 2.45) is 0 Å². The van der Waals surface area contributed by atoms with Crippen LogP contribution in [0.2, 0.25) is 0 Å². The topological polar surface area (TPSA) is 152 Å². The zero-order valence-corrected chi connectivity index (χ0v) is 23.9. The number of hydrogen-bond acceptors (Lipinski definition) is 8. The summed E-state index contributed by atoms with van der Waals surface area (Å²) < 4.78 is 16.3. The summed E-state index contributed by atoms with van der Waals surface area (Å²) in [6, 6.07) is 21.0. The van der Waals surface area contributed by atoms with E-state index >= 15 is 0 Å². The van der Waals surface area contributed by atoms with E-state index in [1.807, 2.05) is 42.5 Å². The minimum atomic E-state index is -1.29. The van der Waals surface area contributed by atoms with E-state index < -0.39 is 60.9 Å². The van der Waals surface area contributed by atoms with Gasteiger partial charge in [0.1, 0.15) is 30.3 Å². The molecule has 4 rings (SSSR count). The molecule has 11 heteroatoms. The molecule has 1 aliphatic rings. The summed E-state index contributed by atoms with van der Waals surface area (Å²) in [6.45, 7) is 1.45. The molecule has 1 unspecified atom stereocenters. The molecule has 43 heavy (non-hydrogen) atoms. The highest BCUT2D eigenvalue weighted by Gasteiger charge is 2.33. The SMILES string of the molecule is COc1ccc(C(=O)NC2C(=O)NCC(=O)N[C@@H](Cc3ccc(OCc4ccccc4)cc3)[C@@H](O)CC(=O)O[C@@H]2C)cc1. The fourth-order valence-corrected chi connectivity index (χ4v) is 4.53. The molecular weight excluding hydrogens is 554 g/mol. The van der Waals surface area contributed by atoms with Crippen molar-refractivity contribution in [2.75, 3.05) is 13.7 Å². The fraction of sp³-hybridized carbons (Fsp3) is 0.312. The zero-order chi connectivity index (χ0) is 30.8. The van der Waals surface area contributed by atoms with Gasteiger partial charge in [-0.1, -0.05) is 42.5 Å². The Hall–Kier alpha value is -4.90. The van der Waals surface area contributed by atoms with Crippen molar-refractivity contribution in [1.29, 1.82) is 0 Å². The van der Waals surface area contributed by atoms with Gasteiger partial charge in [-0.15, -0.1) is 0 Å². The van der Waals surface area contributed by atoms with Gasteiger partial charge in [0.25, 0.3) is 5.91 Å². The predicted molar refractivity (Wildman–Crippen MR) is 156 cm³/mol. The second kappa shape index (κ2) is 14.8. The predicted octanol–water partition coefficient (Wildman–Crippen LogP) is 1.91. The molecule has 3 aromatic carbocycles. The third-order valence-electron chi connectivity index (χ3n) is 6.95. The van der Waals surface area contributed by atoms with Crippen molar-refractivity contribution in [2.45, 2.75) is 50.7 Å². The summed E-state index contributed by atoms with van der Waals surface area (Å²) in [5.74, 6) is -1.44. The van der Waals surface area contributed by atoms with Crippen molar-refractivity contribution in [1.82, 2.24) is 16.0 Å². The van der Waals surface area contributed by atoms with Gasteiger partial charge in [0.05, 0.1) is 32.2 Å². The molecule has 0 saturated carbocycles. The van der Waals surface area contributed by atoms with Gasteiger partial charge in [-0.25, -0.2) is 0 Å². The van der Waals surface area contributed by atoms with E-state index in [-0.39, 0.29) is 12.0 Å². The van der Waals surface area contributed by atoms with Crippen LogP contribution in [-0.2, 0) is 32.1 Å². The molecule has 1 saturated heterocycles.